The molecule has 34 heavy (non-hydrogen) atoms. The minimum Gasteiger partial charge on any atom is -0.294 e. The number of nitrogens with one attached hydrogen (secondary N) is 1. The summed E-state index contributed by atoms with van der Waals surface area (Å²) in [4.78, 5) is 9.05. The van der Waals surface area contributed by atoms with Crippen LogP contribution in [0.25, 0.3) is 39.1 Å². The van der Waals surface area contributed by atoms with Crippen molar-refractivity contribution in [3.63, 3.8) is 0 Å². The normalized spacial score (nSPS) is 12.4. The maximum absolute atomic E-state index is 14.5. The van der Waals surface area contributed by atoms with Gasteiger partial charge in [0.1, 0.15) is 23.8 Å². The molecule has 2 N–H and O–H groups in total. The smallest absolute Gasteiger partial charge is 0.232 e. The number of aryl methyl sites for hydroxylation is 1. The summed E-state index contributed by atoms with van der Waals surface area (Å²) < 4.78 is 54.0. The second kappa shape index (κ2) is 8.86. The van der Waals surface area contributed by atoms with Crippen LogP contribution in [0, 0.1) is 11.6 Å². The Bertz CT molecular complexity index is 1550. The summed E-state index contributed by atoms with van der Waals surface area (Å²) in [5, 5.41) is 4.20. The molecular weight excluding hydrogens is 462 g/mol. The van der Waals surface area contributed by atoms with E-state index < -0.39 is 22.9 Å². The fraction of sp³-hybridized carbons (Fsp3) is 0.0870. The minimum atomic E-state index is -2.25. The first-order chi connectivity index (χ1) is 16.4. The van der Waals surface area contributed by atoms with Gasteiger partial charge in [-0.15, -0.1) is 0 Å². The standard InChI is InChI=1S/C23H18F2N6O2S/c1-30-12-16(10-27-30)14-2-5-22-21(7-14)26-13-31(22)23-8-15(6-18(29-23)11-28-34(32)33)19-4-3-17(24)9-20(19)25/h2-10,12-13,28H,11H2,1H3,(H,32,33). The molecule has 3 aromatic heterocycles. The number of imidazole rings is 1. The van der Waals surface area contributed by atoms with E-state index in [9.17, 15) is 13.0 Å². The van der Waals surface area contributed by atoms with Crippen LogP contribution in [0.2, 0.25) is 0 Å². The summed E-state index contributed by atoms with van der Waals surface area (Å²) in [6.07, 6.45) is 5.28. The molecule has 0 aliphatic rings. The van der Waals surface area contributed by atoms with Crippen molar-refractivity contribution in [2.24, 2.45) is 7.05 Å². The van der Waals surface area contributed by atoms with E-state index in [4.69, 9.17) is 4.55 Å². The van der Waals surface area contributed by atoms with E-state index in [2.05, 4.69) is 19.8 Å². The summed E-state index contributed by atoms with van der Waals surface area (Å²) in [6.45, 7) is -0.0372. The Morgan fingerprint density at radius 3 is 2.65 bits per heavy atom. The molecule has 1 atom stereocenters. The van der Waals surface area contributed by atoms with E-state index in [0.717, 1.165) is 28.2 Å². The number of aromatic nitrogens is 5. The molecule has 0 radical (unpaired) electrons. The Labute approximate surface area is 195 Å². The number of benzene rings is 2. The highest BCUT2D eigenvalue weighted by atomic mass is 32.2. The zero-order valence-corrected chi connectivity index (χ0v) is 18.6. The number of hydrogen-bond acceptors (Lipinski definition) is 4. The lowest BCUT2D eigenvalue weighted by Gasteiger charge is -2.11. The maximum atomic E-state index is 14.5. The zero-order valence-electron chi connectivity index (χ0n) is 17.8. The van der Waals surface area contributed by atoms with Gasteiger partial charge in [-0.3, -0.25) is 13.8 Å². The van der Waals surface area contributed by atoms with Gasteiger partial charge in [0.25, 0.3) is 0 Å². The molecule has 0 saturated heterocycles. The Morgan fingerprint density at radius 1 is 1.06 bits per heavy atom. The highest BCUT2D eigenvalue weighted by Gasteiger charge is 2.14. The van der Waals surface area contributed by atoms with Crippen LogP contribution in [0.3, 0.4) is 0 Å². The Balaban J connectivity index is 1.61. The van der Waals surface area contributed by atoms with Crippen molar-refractivity contribution in [1.82, 2.24) is 29.0 Å². The molecule has 5 aromatic rings. The van der Waals surface area contributed by atoms with Gasteiger partial charge in [-0.05, 0) is 47.5 Å². The van der Waals surface area contributed by atoms with Gasteiger partial charge < -0.3 is 0 Å². The Hall–Kier alpha value is -3.80. The molecule has 0 fully saturated rings. The van der Waals surface area contributed by atoms with Gasteiger partial charge in [0.05, 0.1) is 29.5 Å². The number of halogens is 2. The third-order valence-electron chi connectivity index (χ3n) is 5.32. The van der Waals surface area contributed by atoms with Crippen LogP contribution >= 0.6 is 0 Å². The lowest BCUT2D eigenvalue weighted by atomic mass is 10.0. The van der Waals surface area contributed by atoms with Gasteiger partial charge in [-0.25, -0.2) is 27.7 Å². The molecule has 172 valence electrons. The Kier molecular flexibility index (Phi) is 5.74. The number of hydrogen-bond donors (Lipinski definition) is 2. The van der Waals surface area contributed by atoms with E-state index in [-0.39, 0.29) is 12.1 Å². The van der Waals surface area contributed by atoms with Crippen LogP contribution in [-0.2, 0) is 24.9 Å². The van der Waals surface area contributed by atoms with E-state index in [1.807, 2.05) is 31.4 Å². The second-order valence-corrected chi connectivity index (χ2v) is 8.41. The van der Waals surface area contributed by atoms with Crippen molar-refractivity contribution in [2.75, 3.05) is 0 Å². The molecule has 0 spiro atoms. The fourth-order valence-corrected chi connectivity index (χ4v) is 4.02. The van der Waals surface area contributed by atoms with Gasteiger partial charge in [0.15, 0.2) is 0 Å². The van der Waals surface area contributed by atoms with Crippen LogP contribution in [-0.4, -0.2) is 33.1 Å². The third-order valence-corrected chi connectivity index (χ3v) is 5.71. The largest absolute Gasteiger partial charge is 0.294 e. The predicted molar refractivity (Wildman–Crippen MR) is 124 cm³/mol. The molecule has 8 nitrogen and oxygen atoms in total. The first-order valence-corrected chi connectivity index (χ1v) is 11.3. The van der Waals surface area contributed by atoms with Crippen LogP contribution in [0.5, 0.6) is 0 Å². The molecule has 5 rings (SSSR count). The molecule has 0 saturated carbocycles. The average Bonchev–Trinajstić information content (AvgIpc) is 3.43. The van der Waals surface area contributed by atoms with E-state index in [0.29, 0.717) is 17.1 Å². The fourth-order valence-electron chi connectivity index (χ4n) is 3.75. The molecule has 3 heterocycles. The summed E-state index contributed by atoms with van der Waals surface area (Å²) in [6, 6.07) is 12.3. The molecule has 11 heteroatoms. The summed E-state index contributed by atoms with van der Waals surface area (Å²) in [7, 11) is 1.85. The Morgan fingerprint density at radius 2 is 1.91 bits per heavy atom. The van der Waals surface area contributed by atoms with Crippen molar-refractivity contribution >= 4 is 22.3 Å². The monoisotopic (exact) mass is 480 g/mol. The number of nitrogens with zero attached hydrogens (tertiary/aromatic N) is 5. The first-order valence-electron chi connectivity index (χ1n) is 10.1. The van der Waals surface area contributed by atoms with Gasteiger partial charge in [-0.1, -0.05) is 6.07 Å². The quantitative estimate of drug-likeness (QED) is 0.358. The van der Waals surface area contributed by atoms with Crippen molar-refractivity contribution in [2.45, 2.75) is 6.54 Å². The lowest BCUT2D eigenvalue weighted by molar-refractivity contribution is 0.548. The zero-order chi connectivity index (χ0) is 23.8. The molecular formula is C23H18F2N6O2S. The van der Waals surface area contributed by atoms with Gasteiger partial charge in [-0.2, -0.15) is 5.10 Å². The first kappa shape index (κ1) is 22.0. The SMILES string of the molecule is Cn1cc(-c2ccc3c(c2)ncn3-c2cc(-c3ccc(F)cc3F)cc(CNS(=O)O)n2)cn1. The lowest BCUT2D eigenvalue weighted by Crippen LogP contribution is -2.17. The maximum Gasteiger partial charge on any atom is 0.232 e. The topological polar surface area (TPSA) is 97.9 Å². The summed E-state index contributed by atoms with van der Waals surface area (Å²) in [5.74, 6) is -0.977. The van der Waals surface area contributed by atoms with Crippen molar-refractivity contribution < 1.29 is 17.5 Å². The van der Waals surface area contributed by atoms with Crippen LogP contribution in [0.1, 0.15) is 5.69 Å². The van der Waals surface area contributed by atoms with Gasteiger partial charge in [0.2, 0.25) is 11.3 Å². The van der Waals surface area contributed by atoms with Crippen molar-refractivity contribution in [1.29, 1.82) is 0 Å². The van der Waals surface area contributed by atoms with Crippen molar-refractivity contribution in [3.8, 4) is 28.1 Å². The minimum absolute atomic E-state index is 0.0372. The summed E-state index contributed by atoms with van der Waals surface area (Å²) in [5.41, 5.74) is 4.41. The number of rotatable bonds is 6. The summed E-state index contributed by atoms with van der Waals surface area (Å²) >= 11 is -2.25. The van der Waals surface area contributed by atoms with E-state index in [1.165, 1.54) is 12.1 Å². The average molecular weight is 481 g/mol. The van der Waals surface area contributed by atoms with E-state index >= 15 is 0 Å². The molecule has 0 aliphatic carbocycles. The second-order valence-electron chi connectivity index (χ2n) is 7.62. The number of pyridine rings is 1. The molecule has 0 aliphatic heterocycles. The molecule has 0 bridgehead atoms. The van der Waals surface area contributed by atoms with Gasteiger partial charge in [0, 0.05) is 30.4 Å². The highest BCUT2D eigenvalue weighted by Crippen LogP contribution is 2.29. The van der Waals surface area contributed by atoms with Crippen LogP contribution in [0.4, 0.5) is 8.78 Å². The number of fused-ring (bicyclic) bond motifs is 1. The molecule has 1 unspecified atom stereocenters. The predicted octanol–water partition coefficient (Wildman–Crippen LogP) is 3.99. The van der Waals surface area contributed by atoms with Gasteiger partial charge >= 0.3 is 0 Å². The molecule has 0 amide bonds. The third kappa shape index (κ3) is 4.36. The van der Waals surface area contributed by atoms with Crippen LogP contribution in [0.15, 0.2) is 67.3 Å². The molecule has 2 aromatic carbocycles. The van der Waals surface area contributed by atoms with Crippen LogP contribution < -0.4 is 4.72 Å². The highest BCUT2D eigenvalue weighted by molar-refractivity contribution is 7.77. The van der Waals surface area contributed by atoms with Crippen molar-refractivity contribution in [3.05, 3.63) is 84.6 Å². The van der Waals surface area contributed by atoms with E-state index in [1.54, 1.807) is 33.9 Å².